The molecule has 1 fully saturated rings. The SMILES string of the molecule is CCc1nc2ccccc2n1CCC(=O)N(C)C[C@@]1(O)CCN(c2cc(C)nc3ccncc23)C1. The third-order valence-corrected chi connectivity index (χ3v) is 6.95. The molecule has 1 aromatic carbocycles. The number of para-hydroxylation sites is 2. The van der Waals surface area contributed by atoms with Crippen LogP contribution in [0.2, 0.25) is 0 Å². The largest absolute Gasteiger partial charge is 0.386 e. The van der Waals surface area contributed by atoms with Crippen molar-refractivity contribution >= 4 is 33.5 Å². The van der Waals surface area contributed by atoms with Gasteiger partial charge in [-0.05, 0) is 37.6 Å². The molecule has 8 heteroatoms. The van der Waals surface area contributed by atoms with Gasteiger partial charge < -0.3 is 19.5 Å². The number of anilines is 1. The van der Waals surface area contributed by atoms with E-state index in [1.807, 2.05) is 49.5 Å². The molecule has 1 saturated heterocycles. The molecule has 0 saturated carbocycles. The lowest BCUT2D eigenvalue weighted by atomic mass is 10.0. The molecule has 0 radical (unpaired) electrons. The highest BCUT2D eigenvalue weighted by Crippen LogP contribution is 2.32. The minimum Gasteiger partial charge on any atom is -0.386 e. The molecule has 4 aromatic rings. The number of aromatic nitrogens is 4. The van der Waals surface area contributed by atoms with Crippen LogP contribution in [0, 0.1) is 6.92 Å². The number of likely N-dealkylation sites (N-methyl/N-ethyl adjacent to an activating group) is 1. The number of imidazole rings is 1. The van der Waals surface area contributed by atoms with E-state index in [1.54, 1.807) is 18.1 Å². The molecule has 1 amide bonds. The lowest BCUT2D eigenvalue weighted by molar-refractivity contribution is -0.133. The molecule has 0 spiro atoms. The minimum atomic E-state index is -0.966. The van der Waals surface area contributed by atoms with Gasteiger partial charge in [0, 0.05) is 68.7 Å². The number of hydrogen-bond donors (Lipinski definition) is 1. The number of fused-ring (bicyclic) bond motifs is 2. The van der Waals surface area contributed by atoms with Crippen LogP contribution >= 0.6 is 0 Å². The third kappa shape index (κ3) is 4.58. The summed E-state index contributed by atoms with van der Waals surface area (Å²) < 4.78 is 2.14. The first-order valence-corrected chi connectivity index (χ1v) is 12.2. The highest BCUT2D eigenvalue weighted by molar-refractivity contribution is 5.91. The van der Waals surface area contributed by atoms with Crippen LogP contribution in [0.15, 0.2) is 48.8 Å². The molecule has 1 atom stereocenters. The van der Waals surface area contributed by atoms with E-state index in [0.717, 1.165) is 45.6 Å². The van der Waals surface area contributed by atoms with Crippen molar-refractivity contribution in [2.45, 2.75) is 45.3 Å². The van der Waals surface area contributed by atoms with E-state index >= 15 is 0 Å². The molecule has 4 heterocycles. The summed E-state index contributed by atoms with van der Waals surface area (Å²) in [5.41, 5.74) is 3.91. The van der Waals surface area contributed by atoms with Crippen molar-refractivity contribution in [3.63, 3.8) is 0 Å². The van der Waals surface area contributed by atoms with E-state index in [1.165, 1.54) is 0 Å². The Kier molecular flexibility index (Phi) is 6.15. The fraction of sp³-hybridized carbons (Fsp3) is 0.407. The number of β-amino-alcohol motifs (C(OH)–C–C–N with tert-alkyl or cyclic N) is 1. The van der Waals surface area contributed by atoms with Crippen molar-refractivity contribution in [1.29, 1.82) is 0 Å². The van der Waals surface area contributed by atoms with Gasteiger partial charge in [-0.15, -0.1) is 0 Å². The monoisotopic (exact) mass is 472 g/mol. The molecular weight excluding hydrogens is 440 g/mol. The van der Waals surface area contributed by atoms with Gasteiger partial charge in [-0.25, -0.2) is 4.98 Å². The zero-order valence-corrected chi connectivity index (χ0v) is 20.6. The fourth-order valence-electron chi connectivity index (χ4n) is 5.21. The topological polar surface area (TPSA) is 87.4 Å². The highest BCUT2D eigenvalue weighted by Gasteiger charge is 2.38. The minimum absolute atomic E-state index is 0.0196. The molecule has 1 aliphatic rings. The Morgan fingerprint density at radius 2 is 2.03 bits per heavy atom. The molecule has 0 bridgehead atoms. The zero-order valence-electron chi connectivity index (χ0n) is 20.6. The Labute approximate surface area is 205 Å². The summed E-state index contributed by atoms with van der Waals surface area (Å²) in [6.45, 7) is 6.11. The molecule has 182 valence electrons. The van der Waals surface area contributed by atoms with Crippen LogP contribution in [0.5, 0.6) is 0 Å². The van der Waals surface area contributed by atoms with E-state index < -0.39 is 5.60 Å². The van der Waals surface area contributed by atoms with E-state index in [2.05, 4.69) is 26.4 Å². The standard InChI is InChI=1S/C27H32N6O2/c1-4-25-30-22-7-5-6-8-23(22)33(25)13-10-26(34)31(3)17-27(35)11-14-32(18-27)24-15-19(2)29-21-9-12-28-16-20(21)24/h5-9,12,15-16,35H,4,10-11,13-14,17-18H2,1-3H3/t27-/m0/s1. The summed E-state index contributed by atoms with van der Waals surface area (Å²) in [5, 5.41) is 12.4. The summed E-state index contributed by atoms with van der Waals surface area (Å²) in [4.78, 5) is 30.4. The van der Waals surface area contributed by atoms with Crippen LogP contribution in [0.3, 0.4) is 0 Å². The number of hydrogen-bond acceptors (Lipinski definition) is 6. The van der Waals surface area contributed by atoms with Gasteiger partial charge in [-0.3, -0.25) is 14.8 Å². The molecule has 0 aliphatic carbocycles. The molecular formula is C27H32N6O2. The number of carbonyl (C=O) groups is 1. The zero-order chi connectivity index (χ0) is 24.6. The number of benzene rings is 1. The summed E-state index contributed by atoms with van der Waals surface area (Å²) >= 11 is 0. The average molecular weight is 473 g/mol. The normalized spacial score (nSPS) is 18.0. The summed E-state index contributed by atoms with van der Waals surface area (Å²) in [7, 11) is 1.78. The lowest BCUT2D eigenvalue weighted by Gasteiger charge is -2.30. The lowest BCUT2D eigenvalue weighted by Crippen LogP contribution is -2.46. The molecule has 3 aromatic heterocycles. The van der Waals surface area contributed by atoms with Crippen molar-refractivity contribution < 1.29 is 9.90 Å². The third-order valence-electron chi connectivity index (χ3n) is 6.95. The van der Waals surface area contributed by atoms with Crippen LogP contribution in [0.25, 0.3) is 21.9 Å². The van der Waals surface area contributed by atoms with Gasteiger partial charge in [0.1, 0.15) is 11.4 Å². The maximum Gasteiger partial charge on any atom is 0.224 e. The molecule has 5 rings (SSSR count). The summed E-state index contributed by atoms with van der Waals surface area (Å²) in [6.07, 6.45) is 5.35. The molecule has 8 nitrogen and oxygen atoms in total. The van der Waals surface area contributed by atoms with Crippen LogP contribution in [-0.4, -0.2) is 67.7 Å². The average Bonchev–Trinajstić information content (AvgIpc) is 3.42. The molecule has 1 aliphatic heterocycles. The van der Waals surface area contributed by atoms with Crippen LogP contribution in [0.4, 0.5) is 5.69 Å². The first-order chi connectivity index (χ1) is 16.9. The second-order valence-corrected chi connectivity index (χ2v) is 9.59. The summed E-state index contributed by atoms with van der Waals surface area (Å²) in [5.74, 6) is 1.01. The Morgan fingerprint density at radius 3 is 2.86 bits per heavy atom. The van der Waals surface area contributed by atoms with Gasteiger partial charge in [0.15, 0.2) is 0 Å². The van der Waals surface area contributed by atoms with E-state index in [0.29, 0.717) is 39.0 Å². The van der Waals surface area contributed by atoms with Gasteiger partial charge >= 0.3 is 0 Å². The number of rotatable bonds is 7. The van der Waals surface area contributed by atoms with Crippen molar-refractivity contribution in [3.05, 3.63) is 60.3 Å². The number of amides is 1. The fourth-order valence-corrected chi connectivity index (χ4v) is 5.21. The number of aliphatic hydroxyl groups is 1. The Morgan fingerprint density at radius 1 is 1.20 bits per heavy atom. The summed E-state index contributed by atoms with van der Waals surface area (Å²) in [6, 6.07) is 12.0. The number of pyridine rings is 2. The van der Waals surface area contributed by atoms with Gasteiger partial charge in [0.05, 0.1) is 23.1 Å². The van der Waals surface area contributed by atoms with E-state index in [-0.39, 0.29) is 5.91 Å². The number of aryl methyl sites for hydroxylation is 3. The van der Waals surface area contributed by atoms with Crippen molar-refractivity contribution in [2.75, 3.05) is 31.6 Å². The van der Waals surface area contributed by atoms with Crippen LogP contribution in [0.1, 0.15) is 31.3 Å². The van der Waals surface area contributed by atoms with Crippen LogP contribution in [-0.2, 0) is 17.8 Å². The van der Waals surface area contributed by atoms with Crippen molar-refractivity contribution in [3.8, 4) is 0 Å². The van der Waals surface area contributed by atoms with Crippen molar-refractivity contribution in [2.24, 2.45) is 0 Å². The number of carbonyl (C=O) groups excluding carboxylic acids is 1. The first-order valence-electron chi connectivity index (χ1n) is 12.2. The first kappa shape index (κ1) is 23.2. The Bertz CT molecular complexity index is 1380. The molecule has 0 unspecified atom stereocenters. The van der Waals surface area contributed by atoms with Gasteiger partial charge in [0.2, 0.25) is 5.91 Å². The smallest absolute Gasteiger partial charge is 0.224 e. The molecule has 1 N–H and O–H groups in total. The second kappa shape index (κ2) is 9.26. The Balaban J connectivity index is 1.25. The predicted molar refractivity (Wildman–Crippen MR) is 137 cm³/mol. The molecule has 35 heavy (non-hydrogen) atoms. The van der Waals surface area contributed by atoms with Gasteiger partial charge in [-0.1, -0.05) is 19.1 Å². The maximum absolute atomic E-state index is 13.0. The predicted octanol–water partition coefficient (Wildman–Crippen LogP) is 3.34. The highest BCUT2D eigenvalue weighted by atomic mass is 16.3. The van der Waals surface area contributed by atoms with E-state index in [4.69, 9.17) is 4.98 Å². The maximum atomic E-state index is 13.0. The van der Waals surface area contributed by atoms with Crippen molar-refractivity contribution in [1.82, 2.24) is 24.4 Å². The quantitative estimate of drug-likeness (QED) is 0.444. The van der Waals surface area contributed by atoms with Gasteiger partial charge in [-0.2, -0.15) is 0 Å². The van der Waals surface area contributed by atoms with Crippen LogP contribution < -0.4 is 4.90 Å². The Hall–Kier alpha value is -3.52. The second-order valence-electron chi connectivity index (χ2n) is 9.59. The van der Waals surface area contributed by atoms with E-state index in [9.17, 15) is 9.90 Å². The van der Waals surface area contributed by atoms with Gasteiger partial charge in [0.25, 0.3) is 0 Å². The number of nitrogens with zero attached hydrogens (tertiary/aromatic N) is 6.